The van der Waals surface area contributed by atoms with E-state index in [1.54, 1.807) is 28.9 Å². The highest BCUT2D eigenvalue weighted by molar-refractivity contribution is 7.11. The van der Waals surface area contributed by atoms with Crippen LogP contribution in [-0.2, 0) is 5.41 Å². The Morgan fingerprint density at radius 3 is 2.50 bits per heavy atom. The Morgan fingerprint density at radius 1 is 1.25 bits per heavy atom. The van der Waals surface area contributed by atoms with Crippen LogP contribution in [0.5, 0.6) is 0 Å². The van der Waals surface area contributed by atoms with E-state index < -0.39 is 0 Å². The lowest BCUT2D eigenvalue weighted by Gasteiger charge is -2.14. The number of thiazole rings is 2. The van der Waals surface area contributed by atoms with E-state index in [9.17, 15) is 0 Å². The van der Waals surface area contributed by atoms with Crippen LogP contribution in [0.2, 0.25) is 0 Å². The molecule has 0 amide bonds. The van der Waals surface area contributed by atoms with Gasteiger partial charge in [-0.25, -0.2) is 9.97 Å². The number of rotatable bonds is 2. The Morgan fingerprint density at radius 2 is 2.00 bits per heavy atom. The fourth-order valence-corrected chi connectivity index (χ4v) is 3.03. The Labute approximate surface area is 103 Å². The highest BCUT2D eigenvalue weighted by atomic mass is 32.1. The van der Waals surface area contributed by atoms with Crippen molar-refractivity contribution in [2.75, 3.05) is 0 Å². The molecule has 0 spiro atoms. The molecule has 0 aliphatic carbocycles. The highest BCUT2D eigenvalue weighted by Crippen LogP contribution is 2.29. The van der Waals surface area contributed by atoms with Crippen LogP contribution in [0.1, 0.15) is 42.5 Å². The van der Waals surface area contributed by atoms with Gasteiger partial charge in [0.15, 0.2) is 0 Å². The lowest BCUT2D eigenvalue weighted by molar-refractivity contribution is 0.569. The summed E-state index contributed by atoms with van der Waals surface area (Å²) in [5, 5.41) is 5.89. The van der Waals surface area contributed by atoms with Crippen LogP contribution >= 0.6 is 22.7 Å². The molecule has 0 aliphatic heterocycles. The minimum atomic E-state index is -0.180. The number of nitrogens with zero attached hydrogens (tertiary/aromatic N) is 2. The van der Waals surface area contributed by atoms with Crippen LogP contribution in [0.3, 0.4) is 0 Å². The molecule has 1 atom stereocenters. The van der Waals surface area contributed by atoms with Crippen LogP contribution in [0.4, 0.5) is 0 Å². The second-order valence-electron chi connectivity index (χ2n) is 4.67. The average molecular weight is 253 g/mol. The lowest BCUT2D eigenvalue weighted by Crippen LogP contribution is -2.14. The summed E-state index contributed by atoms with van der Waals surface area (Å²) < 4.78 is 0. The summed E-state index contributed by atoms with van der Waals surface area (Å²) in [6.45, 7) is 6.46. The molecule has 3 nitrogen and oxygen atoms in total. The van der Waals surface area contributed by atoms with Gasteiger partial charge in [0, 0.05) is 22.4 Å². The standard InChI is InChI=1S/C11H15N3S2/c1-11(2,3)7-6-16-10(14-7)8(12)9-13-4-5-15-9/h4-6,8H,12H2,1-3H3. The third-order valence-corrected chi connectivity index (χ3v) is 4.06. The maximum absolute atomic E-state index is 6.11. The first-order valence-electron chi connectivity index (χ1n) is 5.09. The Bertz CT molecular complexity index is 454. The second-order valence-corrected chi connectivity index (χ2v) is 6.48. The van der Waals surface area contributed by atoms with Crippen molar-refractivity contribution in [1.29, 1.82) is 0 Å². The Hall–Kier alpha value is -0.780. The molecule has 0 aliphatic rings. The van der Waals surface area contributed by atoms with E-state index in [1.807, 2.05) is 5.38 Å². The first-order chi connectivity index (χ1) is 7.48. The third kappa shape index (κ3) is 2.31. The van der Waals surface area contributed by atoms with Crippen LogP contribution < -0.4 is 5.73 Å². The number of hydrogen-bond donors (Lipinski definition) is 1. The van der Waals surface area contributed by atoms with Gasteiger partial charge in [0.2, 0.25) is 0 Å². The molecule has 5 heteroatoms. The zero-order valence-corrected chi connectivity index (χ0v) is 11.2. The summed E-state index contributed by atoms with van der Waals surface area (Å²) in [6, 6.07) is -0.180. The topological polar surface area (TPSA) is 51.8 Å². The van der Waals surface area contributed by atoms with Crippen LogP contribution in [0.15, 0.2) is 17.0 Å². The largest absolute Gasteiger partial charge is 0.316 e. The van der Waals surface area contributed by atoms with Gasteiger partial charge in [-0.05, 0) is 0 Å². The molecule has 2 rings (SSSR count). The van der Waals surface area contributed by atoms with Gasteiger partial charge in [-0.1, -0.05) is 20.8 Å². The lowest BCUT2D eigenvalue weighted by atomic mass is 9.93. The number of nitrogens with two attached hydrogens (primary N) is 1. The van der Waals surface area contributed by atoms with Gasteiger partial charge in [-0.3, -0.25) is 0 Å². The molecule has 0 fully saturated rings. The summed E-state index contributed by atoms with van der Waals surface area (Å²) in [5.74, 6) is 0. The van der Waals surface area contributed by atoms with Gasteiger partial charge < -0.3 is 5.73 Å². The van der Waals surface area contributed by atoms with Gasteiger partial charge in [-0.15, -0.1) is 22.7 Å². The SMILES string of the molecule is CC(C)(C)c1csc(C(N)c2nccs2)n1. The monoisotopic (exact) mass is 253 g/mol. The predicted octanol–water partition coefficient (Wildman–Crippen LogP) is 2.95. The molecule has 0 saturated carbocycles. The van der Waals surface area contributed by atoms with Gasteiger partial charge in [-0.2, -0.15) is 0 Å². The predicted molar refractivity (Wildman–Crippen MR) is 69.0 cm³/mol. The van der Waals surface area contributed by atoms with Crippen molar-refractivity contribution in [2.45, 2.75) is 32.2 Å². The molecule has 0 aromatic carbocycles. The van der Waals surface area contributed by atoms with E-state index in [-0.39, 0.29) is 11.5 Å². The maximum atomic E-state index is 6.11. The molecule has 16 heavy (non-hydrogen) atoms. The highest BCUT2D eigenvalue weighted by Gasteiger charge is 2.21. The van der Waals surface area contributed by atoms with E-state index in [4.69, 9.17) is 5.73 Å². The Kier molecular flexibility index (Phi) is 3.10. The smallest absolute Gasteiger partial charge is 0.117 e. The van der Waals surface area contributed by atoms with Gasteiger partial charge in [0.25, 0.3) is 0 Å². The summed E-state index contributed by atoms with van der Waals surface area (Å²) >= 11 is 3.19. The van der Waals surface area contributed by atoms with Crippen LogP contribution in [-0.4, -0.2) is 9.97 Å². The summed E-state index contributed by atoms with van der Waals surface area (Å²) in [6.07, 6.45) is 1.78. The van der Waals surface area contributed by atoms with Gasteiger partial charge in [0.1, 0.15) is 16.1 Å². The molecular weight excluding hydrogens is 238 g/mol. The summed E-state index contributed by atoms with van der Waals surface area (Å²) in [5.41, 5.74) is 7.29. The zero-order chi connectivity index (χ0) is 11.8. The van der Waals surface area contributed by atoms with Crippen LogP contribution in [0, 0.1) is 0 Å². The fraction of sp³-hybridized carbons (Fsp3) is 0.455. The first-order valence-corrected chi connectivity index (χ1v) is 6.85. The first kappa shape index (κ1) is 11.7. The van der Waals surface area contributed by atoms with Crippen molar-refractivity contribution in [2.24, 2.45) is 5.73 Å². The normalized spacial score (nSPS) is 14.0. The quantitative estimate of drug-likeness (QED) is 0.895. The number of hydrogen-bond acceptors (Lipinski definition) is 5. The van der Waals surface area contributed by atoms with E-state index in [1.165, 1.54) is 0 Å². The fourth-order valence-electron chi connectivity index (χ4n) is 1.27. The van der Waals surface area contributed by atoms with Gasteiger partial charge >= 0.3 is 0 Å². The molecule has 1 unspecified atom stereocenters. The van der Waals surface area contributed by atoms with Crippen molar-refractivity contribution in [1.82, 2.24) is 9.97 Å². The zero-order valence-electron chi connectivity index (χ0n) is 9.60. The third-order valence-electron chi connectivity index (χ3n) is 2.27. The molecule has 0 radical (unpaired) electrons. The second kappa shape index (κ2) is 4.24. The number of aromatic nitrogens is 2. The van der Waals surface area contributed by atoms with Crippen molar-refractivity contribution in [3.63, 3.8) is 0 Å². The molecule has 2 heterocycles. The van der Waals surface area contributed by atoms with Gasteiger partial charge in [0.05, 0.1) is 5.69 Å². The van der Waals surface area contributed by atoms with E-state index in [0.29, 0.717) is 0 Å². The van der Waals surface area contributed by atoms with E-state index >= 15 is 0 Å². The summed E-state index contributed by atoms with van der Waals surface area (Å²) in [4.78, 5) is 8.82. The summed E-state index contributed by atoms with van der Waals surface area (Å²) in [7, 11) is 0. The molecule has 2 N–H and O–H groups in total. The van der Waals surface area contributed by atoms with Crippen molar-refractivity contribution in [3.8, 4) is 0 Å². The van der Waals surface area contributed by atoms with Crippen molar-refractivity contribution in [3.05, 3.63) is 32.7 Å². The van der Waals surface area contributed by atoms with Crippen molar-refractivity contribution < 1.29 is 0 Å². The molecule has 0 saturated heterocycles. The van der Waals surface area contributed by atoms with E-state index in [0.717, 1.165) is 15.7 Å². The molecule has 2 aromatic heterocycles. The van der Waals surface area contributed by atoms with Crippen molar-refractivity contribution >= 4 is 22.7 Å². The van der Waals surface area contributed by atoms with Crippen LogP contribution in [0.25, 0.3) is 0 Å². The minimum absolute atomic E-state index is 0.0807. The molecule has 2 aromatic rings. The Balaban J connectivity index is 2.26. The molecule has 86 valence electrons. The average Bonchev–Trinajstić information content (AvgIpc) is 2.87. The van der Waals surface area contributed by atoms with E-state index in [2.05, 4.69) is 36.1 Å². The molecule has 0 bridgehead atoms. The minimum Gasteiger partial charge on any atom is -0.316 e. The molecular formula is C11H15N3S2. The maximum Gasteiger partial charge on any atom is 0.117 e.